The molecule has 4 aromatic rings. The SMILES string of the molecule is CCOC(=O)C1(C(=O)OCC)N[C@H](c2cccc(Cl)c2Cl)[C@@H]2C(=O)c3ccccc3C(=O)[C@@H]21.CCOC(=O)C1(C(=O)OCC)N[C@H](c2cccc(Cl)c2Cl)[C@@H]2C(=O)c3ccccc3C(=O)[C@@H]21. The van der Waals surface area contributed by atoms with Crippen LogP contribution in [0.4, 0.5) is 0 Å². The molecule has 344 valence electrons. The van der Waals surface area contributed by atoms with Gasteiger partial charge < -0.3 is 18.9 Å². The number of nitrogens with one attached hydrogen (secondary N) is 2. The summed E-state index contributed by atoms with van der Waals surface area (Å²) in [5, 5.41) is 6.68. The first-order valence-electron chi connectivity index (χ1n) is 21.1. The predicted octanol–water partition coefficient (Wildman–Crippen LogP) is 7.63. The Morgan fingerprint density at radius 1 is 0.455 bits per heavy atom. The monoisotopic (exact) mass is 978 g/mol. The molecule has 0 spiro atoms. The Morgan fingerprint density at radius 2 is 0.742 bits per heavy atom. The first-order valence-corrected chi connectivity index (χ1v) is 22.6. The van der Waals surface area contributed by atoms with E-state index in [1.54, 1.807) is 100 Å². The number of esters is 4. The van der Waals surface area contributed by atoms with Crippen molar-refractivity contribution >= 4 is 93.4 Å². The summed E-state index contributed by atoms with van der Waals surface area (Å²) in [6.45, 7) is 6.16. The van der Waals surface area contributed by atoms with Gasteiger partial charge >= 0.3 is 23.9 Å². The number of halogens is 4. The standard InChI is InChI=1S/2C24H21Cl2NO6/c2*1-3-32-22(30)24(23(31)33-4-2)17-16(19(27-24)14-10-7-11-15(25)18(14)26)20(28)12-8-5-6-9-13(12)21(17)29/h2*5-11,16-17,19,27H,3-4H2,1-2H3/t2*16-,17-,19-/m11/s1. The predicted molar refractivity (Wildman–Crippen MR) is 241 cm³/mol. The van der Waals surface area contributed by atoms with E-state index >= 15 is 0 Å². The second kappa shape index (κ2) is 19.4. The van der Waals surface area contributed by atoms with Crippen molar-refractivity contribution in [1.82, 2.24) is 10.6 Å². The van der Waals surface area contributed by atoms with Crippen LogP contribution >= 0.6 is 46.4 Å². The summed E-state index contributed by atoms with van der Waals surface area (Å²) in [6.07, 6.45) is 0. The van der Waals surface area contributed by atoms with E-state index < -0.39 is 82.3 Å². The van der Waals surface area contributed by atoms with E-state index in [2.05, 4.69) is 10.6 Å². The summed E-state index contributed by atoms with van der Waals surface area (Å²) in [7, 11) is 0. The largest absolute Gasteiger partial charge is 0.464 e. The van der Waals surface area contributed by atoms with E-state index in [4.69, 9.17) is 65.4 Å². The van der Waals surface area contributed by atoms with Gasteiger partial charge in [-0.15, -0.1) is 0 Å². The van der Waals surface area contributed by atoms with Crippen molar-refractivity contribution in [2.45, 2.75) is 50.9 Å². The highest BCUT2D eigenvalue weighted by molar-refractivity contribution is 6.43. The molecule has 18 heteroatoms. The summed E-state index contributed by atoms with van der Waals surface area (Å²) in [6, 6.07) is 20.4. The maximum Gasteiger partial charge on any atom is 0.338 e. The van der Waals surface area contributed by atoms with Crippen molar-refractivity contribution in [3.63, 3.8) is 0 Å². The molecule has 4 aliphatic rings. The molecule has 0 aromatic heterocycles. The second-order valence-electron chi connectivity index (χ2n) is 15.6. The van der Waals surface area contributed by atoms with Gasteiger partial charge in [0.25, 0.3) is 0 Å². The molecule has 2 aliphatic heterocycles. The Kier molecular flexibility index (Phi) is 14.2. The number of hydrogen-bond donors (Lipinski definition) is 2. The lowest BCUT2D eigenvalue weighted by atomic mass is 9.66. The van der Waals surface area contributed by atoms with Gasteiger partial charge in [-0.1, -0.05) is 119 Å². The van der Waals surface area contributed by atoms with Crippen LogP contribution in [0.5, 0.6) is 0 Å². The van der Waals surface area contributed by atoms with Gasteiger partial charge in [0.1, 0.15) is 0 Å². The minimum atomic E-state index is -2.23. The van der Waals surface area contributed by atoms with E-state index in [1.165, 1.54) is 12.1 Å². The molecule has 2 fully saturated rings. The molecule has 2 N–H and O–H groups in total. The van der Waals surface area contributed by atoms with Crippen LogP contribution in [0.25, 0.3) is 0 Å². The van der Waals surface area contributed by atoms with E-state index in [9.17, 15) is 38.4 Å². The maximum absolute atomic E-state index is 13.7. The smallest absolute Gasteiger partial charge is 0.338 e. The quantitative estimate of drug-likeness (QED) is 0.0894. The number of hydrogen-bond acceptors (Lipinski definition) is 14. The number of ketones is 4. The molecule has 0 bridgehead atoms. The average Bonchev–Trinajstić information content (AvgIpc) is 3.87. The summed E-state index contributed by atoms with van der Waals surface area (Å²) in [5.74, 6) is -10.8. The molecule has 2 saturated heterocycles. The number of carbonyl (C=O) groups is 8. The highest BCUT2D eigenvalue weighted by atomic mass is 35.5. The number of ether oxygens (including phenoxy) is 4. The lowest BCUT2D eigenvalue weighted by molar-refractivity contribution is -0.169. The maximum atomic E-state index is 13.7. The summed E-state index contributed by atoms with van der Waals surface area (Å²) in [4.78, 5) is 108. The van der Waals surface area contributed by atoms with Gasteiger partial charge in [0, 0.05) is 34.3 Å². The van der Waals surface area contributed by atoms with Crippen LogP contribution in [0.3, 0.4) is 0 Å². The number of rotatable bonds is 10. The van der Waals surface area contributed by atoms with Crippen LogP contribution in [-0.2, 0) is 38.1 Å². The average molecular weight is 981 g/mol. The third-order valence-corrected chi connectivity index (χ3v) is 13.9. The highest BCUT2D eigenvalue weighted by Gasteiger charge is 2.71. The molecule has 0 unspecified atom stereocenters. The highest BCUT2D eigenvalue weighted by Crippen LogP contribution is 2.53. The van der Waals surface area contributed by atoms with Crippen molar-refractivity contribution in [3.8, 4) is 0 Å². The normalized spacial score (nSPS) is 23.0. The number of benzene rings is 4. The van der Waals surface area contributed by atoms with Gasteiger partial charge in [-0.25, -0.2) is 19.2 Å². The molecular weight excluding hydrogens is 938 g/mol. The third-order valence-electron chi connectivity index (χ3n) is 12.2. The minimum absolute atomic E-state index is 0.0413. The fourth-order valence-corrected chi connectivity index (χ4v) is 10.4. The number of fused-ring (bicyclic) bond motifs is 4. The molecule has 0 radical (unpaired) electrons. The molecule has 66 heavy (non-hydrogen) atoms. The van der Waals surface area contributed by atoms with Gasteiger partial charge in [-0.3, -0.25) is 29.8 Å². The third kappa shape index (κ3) is 7.71. The zero-order chi connectivity index (χ0) is 47.8. The molecule has 6 atom stereocenters. The van der Waals surface area contributed by atoms with Crippen LogP contribution in [0, 0.1) is 23.7 Å². The Hall–Kier alpha value is -5.48. The van der Waals surface area contributed by atoms with Gasteiger partial charge in [0.2, 0.25) is 11.1 Å². The topological polar surface area (TPSA) is 198 Å². The Labute approximate surface area is 398 Å². The molecule has 4 aromatic carbocycles. The number of Topliss-reactive ketones (excluding diaryl/α,β-unsaturated/α-hetero) is 4. The van der Waals surface area contributed by atoms with Gasteiger partial charge in [-0.05, 0) is 51.0 Å². The summed E-state index contributed by atoms with van der Waals surface area (Å²) >= 11 is 25.4. The second-order valence-corrected chi connectivity index (χ2v) is 17.2. The molecule has 2 heterocycles. The van der Waals surface area contributed by atoms with Crippen molar-refractivity contribution in [2.24, 2.45) is 23.7 Å². The van der Waals surface area contributed by atoms with Crippen LogP contribution < -0.4 is 10.6 Å². The van der Waals surface area contributed by atoms with Crippen molar-refractivity contribution < 1.29 is 57.3 Å². The molecular formula is C48H42Cl4N2O12. The van der Waals surface area contributed by atoms with Crippen molar-refractivity contribution in [3.05, 3.63) is 138 Å². The van der Waals surface area contributed by atoms with Crippen molar-refractivity contribution in [1.29, 1.82) is 0 Å². The van der Waals surface area contributed by atoms with Crippen molar-refractivity contribution in [2.75, 3.05) is 26.4 Å². The first-order chi connectivity index (χ1) is 31.6. The molecule has 14 nitrogen and oxygen atoms in total. The van der Waals surface area contributed by atoms with E-state index in [1.807, 2.05) is 0 Å². The Bertz CT molecular complexity index is 2470. The molecule has 8 rings (SSSR count). The molecule has 0 amide bonds. The van der Waals surface area contributed by atoms with E-state index in [-0.39, 0.29) is 80.3 Å². The number of carbonyl (C=O) groups excluding carboxylic acids is 8. The fourth-order valence-electron chi connectivity index (χ4n) is 9.57. The van der Waals surface area contributed by atoms with Crippen LogP contribution in [0.2, 0.25) is 20.1 Å². The summed E-state index contributed by atoms with van der Waals surface area (Å²) < 4.78 is 20.9. The fraction of sp³-hybridized carbons (Fsp3) is 0.333. The summed E-state index contributed by atoms with van der Waals surface area (Å²) in [5.41, 5.74) is -2.97. The molecule has 0 saturated carbocycles. The van der Waals surface area contributed by atoms with E-state index in [0.29, 0.717) is 11.1 Å². The van der Waals surface area contributed by atoms with Gasteiger partial charge in [0.05, 0.1) is 70.2 Å². The van der Waals surface area contributed by atoms with E-state index in [0.717, 1.165) is 0 Å². The van der Waals surface area contributed by atoms with Gasteiger partial charge in [-0.2, -0.15) is 0 Å². The van der Waals surface area contributed by atoms with Gasteiger partial charge in [0.15, 0.2) is 23.1 Å². The van der Waals surface area contributed by atoms with Crippen LogP contribution in [0.1, 0.15) is 92.3 Å². The van der Waals surface area contributed by atoms with Crippen LogP contribution in [-0.4, -0.2) is 84.5 Å². The lowest BCUT2D eigenvalue weighted by Crippen LogP contribution is -2.62. The Morgan fingerprint density at radius 3 is 1.03 bits per heavy atom. The lowest BCUT2D eigenvalue weighted by Gasteiger charge is -2.33. The Balaban J connectivity index is 0.000000196. The first kappa shape index (κ1) is 48.5. The van der Waals surface area contributed by atoms with Crippen LogP contribution in [0.15, 0.2) is 84.9 Å². The molecule has 2 aliphatic carbocycles. The zero-order valence-electron chi connectivity index (χ0n) is 35.8. The minimum Gasteiger partial charge on any atom is -0.464 e. The zero-order valence-corrected chi connectivity index (χ0v) is 38.8.